The van der Waals surface area contributed by atoms with E-state index in [0.29, 0.717) is 17.7 Å². The Morgan fingerprint density at radius 1 is 1.27 bits per heavy atom. The fourth-order valence-electron chi connectivity index (χ4n) is 2.92. The second kappa shape index (κ2) is 7.45. The third kappa shape index (κ3) is 3.72. The average molecular weight is 376 g/mol. The van der Waals surface area contributed by atoms with Gasteiger partial charge in [0.15, 0.2) is 5.78 Å². The number of nitrogens with zero attached hydrogens (tertiary/aromatic N) is 1. The summed E-state index contributed by atoms with van der Waals surface area (Å²) < 4.78 is 32.6. The molecule has 2 aromatic carbocycles. The van der Waals surface area contributed by atoms with E-state index in [0.717, 1.165) is 4.31 Å². The van der Waals surface area contributed by atoms with Gasteiger partial charge < -0.3 is 9.84 Å². The number of hydrogen-bond acceptors (Lipinski definition) is 5. The maximum Gasteiger partial charge on any atom is 0.301 e. The molecule has 3 rings (SSSR count). The van der Waals surface area contributed by atoms with Crippen molar-refractivity contribution in [1.29, 1.82) is 0 Å². The summed E-state index contributed by atoms with van der Waals surface area (Å²) >= 11 is 0. The predicted octanol–water partition coefficient (Wildman–Crippen LogP) is 1.49. The summed E-state index contributed by atoms with van der Waals surface area (Å²) in [6.45, 7) is 0.545. The Morgan fingerprint density at radius 2 is 2.00 bits per heavy atom. The van der Waals surface area contributed by atoms with Gasteiger partial charge in [0, 0.05) is 32.2 Å². The Hall–Kier alpha value is -2.42. The summed E-state index contributed by atoms with van der Waals surface area (Å²) in [6.07, 6.45) is -0.428. The van der Waals surface area contributed by atoms with Crippen LogP contribution >= 0.6 is 0 Å². The number of benzene rings is 2. The minimum Gasteiger partial charge on any atom is -0.506 e. The topological polar surface area (TPSA) is 95.9 Å². The lowest BCUT2D eigenvalue weighted by Crippen LogP contribution is -2.29. The van der Waals surface area contributed by atoms with E-state index in [4.69, 9.17) is 4.74 Å². The molecule has 138 valence electrons. The molecule has 0 bridgehead atoms. The lowest BCUT2D eigenvalue weighted by atomic mass is 9.99. The van der Waals surface area contributed by atoms with E-state index in [1.807, 2.05) is 6.07 Å². The lowest BCUT2D eigenvalue weighted by Gasteiger charge is -2.19. The molecule has 0 amide bonds. The summed E-state index contributed by atoms with van der Waals surface area (Å²) in [6, 6.07) is 13.5. The quantitative estimate of drug-likeness (QED) is 0.745. The molecule has 7 nitrogen and oxygen atoms in total. The lowest BCUT2D eigenvalue weighted by molar-refractivity contribution is 0.0606. The SMILES string of the molecule is COC(Cc1ccc(N2CCNS2(=O)=O)c(O)c1)C(=O)c1ccccc1. The van der Waals surface area contributed by atoms with Gasteiger partial charge in [0.2, 0.25) is 0 Å². The van der Waals surface area contributed by atoms with E-state index < -0.39 is 16.3 Å². The zero-order valence-corrected chi connectivity index (χ0v) is 15.1. The predicted molar refractivity (Wildman–Crippen MR) is 97.6 cm³/mol. The molecule has 1 unspecified atom stereocenters. The van der Waals surface area contributed by atoms with Crippen molar-refractivity contribution in [3.8, 4) is 5.75 Å². The summed E-state index contributed by atoms with van der Waals surface area (Å²) in [4.78, 5) is 12.5. The van der Waals surface area contributed by atoms with Gasteiger partial charge in [-0.1, -0.05) is 36.4 Å². The number of carbonyl (C=O) groups is 1. The molecule has 1 aliphatic heterocycles. The van der Waals surface area contributed by atoms with Gasteiger partial charge >= 0.3 is 10.2 Å². The highest BCUT2D eigenvalue weighted by molar-refractivity contribution is 7.91. The van der Waals surface area contributed by atoms with Gasteiger partial charge in [-0.25, -0.2) is 0 Å². The Bertz CT molecular complexity index is 899. The van der Waals surface area contributed by atoms with Gasteiger partial charge in [0.05, 0.1) is 5.69 Å². The van der Waals surface area contributed by atoms with Crippen molar-refractivity contribution in [2.75, 3.05) is 24.5 Å². The molecule has 8 heteroatoms. The Morgan fingerprint density at radius 3 is 2.58 bits per heavy atom. The van der Waals surface area contributed by atoms with Crippen LogP contribution in [0.5, 0.6) is 5.75 Å². The largest absolute Gasteiger partial charge is 0.506 e. The molecule has 26 heavy (non-hydrogen) atoms. The highest BCUT2D eigenvalue weighted by Gasteiger charge is 2.30. The highest BCUT2D eigenvalue weighted by Crippen LogP contribution is 2.31. The zero-order valence-electron chi connectivity index (χ0n) is 14.3. The van der Waals surface area contributed by atoms with Crippen LogP contribution in [0.15, 0.2) is 48.5 Å². The van der Waals surface area contributed by atoms with Crippen LogP contribution in [0.25, 0.3) is 0 Å². The van der Waals surface area contributed by atoms with Crippen LogP contribution in [0, 0.1) is 0 Å². The van der Waals surface area contributed by atoms with Crippen molar-refractivity contribution in [3.05, 3.63) is 59.7 Å². The average Bonchev–Trinajstić information content (AvgIpc) is 2.99. The van der Waals surface area contributed by atoms with Crippen molar-refractivity contribution >= 4 is 21.7 Å². The number of rotatable bonds is 6. The van der Waals surface area contributed by atoms with Crippen LogP contribution in [0.1, 0.15) is 15.9 Å². The van der Waals surface area contributed by atoms with E-state index in [2.05, 4.69) is 4.72 Å². The Labute approximate surface area is 152 Å². The molecule has 0 radical (unpaired) electrons. The van der Waals surface area contributed by atoms with Crippen LogP contribution in [-0.4, -0.2) is 45.6 Å². The molecule has 2 N–H and O–H groups in total. The first-order valence-corrected chi connectivity index (χ1v) is 9.57. The zero-order chi connectivity index (χ0) is 18.7. The molecule has 0 aliphatic carbocycles. The molecule has 2 aromatic rings. The van der Waals surface area contributed by atoms with E-state index in [-0.39, 0.29) is 30.2 Å². The minimum atomic E-state index is -3.61. The Balaban J connectivity index is 1.79. The van der Waals surface area contributed by atoms with E-state index >= 15 is 0 Å². The number of ketones is 1. The summed E-state index contributed by atoms with van der Waals surface area (Å²) in [7, 11) is -2.15. The normalized spacial score (nSPS) is 17.2. The molecule has 1 heterocycles. The van der Waals surface area contributed by atoms with Crippen LogP contribution in [0.3, 0.4) is 0 Å². The third-order valence-electron chi connectivity index (χ3n) is 4.25. The third-order valence-corrected chi connectivity index (χ3v) is 5.78. The monoisotopic (exact) mass is 376 g/mol. The number of methoxy groups -OCH3 is 1. The van der Waals surface area contributed by atoms with Gasteiger partial charge in [-0.05, 0) is 17.7 Å². The van der Waals surface area contributed by atoms with Crippen molar-refractivity contribution < 1.29 is 23.1 Å². The van der Waals surface area contributed by atoms with Crippen LogP contribution < -0.4 is 9.03 Å². The first-order chi connectivity index (χ1) is 12.4. The van der Waals surface area contributed by atoms with Gasteiger partial charge in [-0.3, -0.25) is 9.10 Å². The number of carbonyl (C=O) groups excluding carboxylic acids is 1. The molecular formula is C18H20N2O5S. The Kier molecular flexibility index (Phi) is 5.26. The van der Waals surface area contributed by atoms with Gasteiger partial charge in [0.25, 0.3) is 0 Å². The number of anilines is 1. The molecule has 0 aromatic heterocycles. The fraction of sp³-hybridized carbons (Fsp3) is 0.278. The maximum atomic E-state index is 12.5. The number of phenols is 1. The van der Waals surface area contributed by atoms with Gasteiger partial charge in [-0.15, -0.1) is 0 Å². The number of ether oxygens (including phenoxy) is 1. The highest BCUT2D eigenvalue weighted by atomic mass is 32.2. The van der Waals surface area contributed by atoms with Crippen molar-refractivity contribution in [2.24, 2.45) is 0 Å². The van der Waals surface area contributed by atoms with Crippen LogP contribution in [0.2, 0.25) is 0 Å². The first-order valence-electron chi connectivity index (χ1n) is 8.13. The molecule has 1 aliphatic rings. The number of nitrogens with one attached hydrogen (secondary N) is 1. The smallest absolute Gasteiger partial charge is 0.301 e. The summed E-state index contributed by atoms with van der Waals surface area (Å²) in [5, 5.41) is 10.3. The number of phenolic OH excluding ortho intramolecular Hbond substituents is 1. The molecule has 0 saturated carbocycles. The van der Waals surface area contributed by atoms with Crippen LogP contribution in [-0.2, 0) is 21.4 Å². The molecule has 1 saturated heterocycles. The fourth-order valence-corrected chi connectivity index (χ4v) is 4.17. The van der Waals surface area contributed by atoms with E-state index in [9.17, 15) is 18.3 Å². The van der Waals surface area contributed by atoms with Crippen molar-refractivity contribution in [3.63, 3.8) is 0 Å². The minimum absolute atomic E-state index is 0.150. The van der Waals surface area contributed by atoms with Crippen molar-refractivity contribution in [2.45, 2.75) is 12.5 Å². The maximum absolute atomic E-state index is 12.5. The molecular weight excluding hydrogens is 356 g/mol. The molecule has 0 spiro atoms. The second-order valence-corrected chi connectivity index (χ2v) is 7.63. The first kappa shape index (κ1) is 18.4. The van der Waals surface area contributed by atoms with E-state index in [1.54, 1.807) is 30.3 Å². The second-order valence-electron chi connectivity index (χ2n) is 5.95. The van der Waals surface area contributed by atoms with E-state index in [1.165, 1.54) is 19.2 Å². The standard InChI is InChI=1S/C18H20N2O5S/c1-25-17(18(22)14-5-3-2-4-6-14)12-13-7-8-15(16(21)11-13)20-10-9-19-26(20,23)24/h2-8,11,17,19,21H,9-10,12H2,1H3. The molecule has 1 fully saturated rings. The number of hydrogen-bond donors (Lipinski definition) is 2. The van der Waals surface area contributed by atoms with Gasteiger partial charge in [-0.2, -0.15) is 13.1 Å². The summed E-state index contributed by atoms with van der Waals surface area (Å²) in [5.74, 6) is -0.306. The summed E-state index contributed by atoms with van der Waals surface area (Å²) in [5.41, 5.74) is 1.43. The molecule has 1 atom stereocenters. The van der Waals surface area contributed by atoms with Crippen molar-refractivity contribution in [1.82, 2.24) is 4.72 Å². The van der Waals surface area contributed by atoms with Gasteiger partial charge in [0.1, 0.15) is 11.9 Å². The van der Waals surface area contributed by atoms with Crippen LogP contribution in [0.4, 0.5) is 5.69 Å². The number of Topliss-reactive ketones (excluding diaryl/α,β-unsaturated/α-hetero) is 1. The number of aromatic hydroxyl groups is 1.